The zero-order chi connectivity index (χ0) is 33.7. The topological polar surface area (TPSA) is 130 Å². The first-order valence-corrected chi connectivity index (χ1v) is 14.9. The van der Waals surface area contributed by atoms with E-state index < -0.39 is 41.8 Å². The Kier molecular flexibility index (Phi) is 11.6. The Morgan fingerprint density at radius 1 is 1.07 bits per heavy atom. The molecule has 45 heavy (non-hydrogen) atoms. The molecule has 1 aromatic carbocycles. The molecule has 0 unspecified atom stereocenters. The largest absolute Gasteiger partial charge is 0.467 e. The van der Waals surface area contributed by atoms with Crippen molar-refractivity contribution in [2.24, 2.45) is 5.92 Å². The van der Waals surface area contributed by atoms with Crippen LogP contribution < -0.4 is 9.64 Å². The minimum atomic E-state index is -0.974. The third-order valence-corrected chi connectivity index (χ3v) is 7.10. The molecular weight excluding hydrogens is 584 g/mol. The summed E-state index contributed by atoms with van der Waals surface area (Å²) in [5, 5.41) is 0. The Bertz CT molecular complexity index is 1330. The number of likely N-dealkylation sites (N-methyl/N-ethyl adjacent to an activating group) is 1. The maximum absolute atomic E-state index is 13.7. The third kappa shape index (κ3) is 9.62. The van der Waals surface area contributed by atoms with Crippen molar-refractivity contribution in [3.8, 4) is 5.75 Å². The molecule has 2 aliphatic rings. The molecule has 12 heteroatoms. The SMILES string of the molecule is COCOc1cc(N(CC(=O)N(C)C)C(=O)OC(C)(C)C)cc2c1C(=O)O[C@@H](C)[C@H](C)/C=C\C(=O)[C@H]1OC(C)(C)O[C@H]1C/C=C/2. The van der Waals surface area contributed by atoms with Crippen LogP contribution in [0.2, 0.25) is 0 Å². The molecule has 0 N–H and O–H groups in total. The van der Waals surface area contributed by atoms with Gasteiger partial charge in [-0.3, -0.25) is 14.5 Å². The maximum Gasteiger partial charge on any atom is 0.415 e. The van der Waals surface area contributed by atoms with Crippen molar-refractivity contribution in [1.82, 2.24) is 4.90 Å². The van der Waals surface area contributed by atoms with Crippen molar-refractivity contribution >= 4 is 35.5 Å². The van der Waals surface area contributed by atoms with Crippen LogP contribution in [-0.4, -0.2) is 92.9 Å². The van der Waals surface area contributed by atoms with Crippen LogP contribution in [0.5, 0.6) is 5.75 Å². The van der Waals surface area contributed by atoms with E-state index in [0.29, 0.717) is 5.56 Å². The fourth-order valence-corrected chi connectivity index (χ4v) is 4.63. The van der Waals surface area contributed by atoms with E-state index in [2.05, 4.69) is 0 Å². The first-order valence-electron chi connectivity index (χ1n) is 14.9. The summed E-state index contributed by atoms with van der Waals surface area (Å²) in [5.41, 5.74) is -0.188. The Balaban J connectivity index is 2.22. The van der Waals surface area contributed by atoms with Crippen molar-refractivity contribution in [1.29, 1.82) is 0 Å². The summed E-state index contributed by atoms with van der Waals surface area (Å²) in [7, 11) is 4.59. The number of hydrogen-bond acceptors (Lipinski definition) is 10. The van der Waals surface area contributed by atoms with Crippen molar-refractivity contribution in [2.75, 3.05) is 39.4 Å². The van der Waals surface area contributed by atoms with Gasteiger partial charge in [0.25, 0.3) is 0 Å². The molecule has 0 aliphatic carbocycles. The fourth-order valence-electron chi connectivity index (χ4n) is 4.63. The van der Waals surface area contributed by atoms with E-state index in [4.69, 9.17) is 28.4 Å². The third-order valence-electron chi connectivity index (χ3n) is 7.10. The quantitative estimate of drug-likeness (QED) is 0.321. The van der Waals surface area contributed by atoms with Gasteiger partial charge in [-0.15, -0.1) is 0 Å². The van der Waals surface area contributed by atoms with Crippen molar-refractivity contribution in [3.05, 3.63) is 41.5 Å². The van der Waals surface area contributed by atoms with E-state index in [9.17, 15) is 19.2 Å². The van der Waals surface area contributed by atoms with Gasteiger partial charge in [-0.1, -0.05) is 25.2 Å². The highest BCUT2D eigenvalue weighted by molar-refractivity contribution is 6.00. The molecule has 0 aromatic heterocycles. The van der Waals surface area contributed by atoms with Crippen LogP contribution in [0.1, 0.15) is 70.8 Å². The van der Waals surface area contributed by atoms with E-state index in [1.807, 2.05) is 6.92 Å². The molecule has 4 atom stereocenters. The molecule has 1 aromatic rings. The predicted octanol–water partition coefficient (Wildman–Crippen LogP) is 4.74. The van der Waals surface area contributed by atoms with E-state index in [1.54, 1.807) is 79.9 Å². The second-order valence-corrected chi connectivity index (χ2v) is 12.8. The summed E-state index contributed by atoms with van der Waals surface area (Å²) >= 11 is 0. The van der Waals surface area contributed by atoms with Crippen molar-refractivity contribution < 1.29 is 47.6 Å². The molecule has 248 valence electrons. The summed E-state index contributed by atoms with van der Waals surface area (Å²) in [4.78, 5) is 55.7. The lowest BCUT2D eigenvalue weighted by Gasteiger charge is -2.29. The number of ether oxygens (including phenoxy) is 6. The highest BCUT2D eigenvalue weighted by atomic mass is 16.8. The number of carbonyl (C=O) groups is 4. The van der Waals surface area contributed by atoms with Crippen LogP contribution >= 0.6 is 0 Å². The van der Waals surface area contributed by atoms with Crippen LogP contribution in [0, 0.1) is 5.92 Å². The number of amides is 2. The normalized spacial score (nSPS) is 24.8. The Hall–Kier alpha value is -3.74. The molecule has 0 bridgehead atoms. The number of carbonyl (C=O) groups excluding carboxylic acids is 4. The van der Waals surface area contributed by atoms with Crippen LogP contribution in [-0.2, 0) is 33.3 Å². The molecule has 2 amide bonds. The van der Waals surface area contributed by atoms with Gasteiger partial charge in [0.2, 0.25) is 5.91 Å². The zero-order valence-corrected chi connectivity index (χ0v) is 27.9. The molecule has 0 radical (unpaired) electrons. The summed E-state index contributed by atoms with van der Waals surface area (Å²) in [6.07, 6.45) is 3.98. The molecule has 1 saturated heterocycles. The van der Waals surface area contributed by atoms with Gasteiger partial charge in [-0.25, -0.2) is 9.59 Å². The van der Waals surface area contributed by atoms with Gasteiger partial charge < -0.3 is 33.3 Å². The number of cyclic esters (lactones) is 1. The number of nitrogens with zero attached hydrogens (tertiary/aromatic N) is 2. The minimum Gasteiger partial charge on any atom is -0.467 e. The number of rotatable bonds is 6. The molecule has 0 saturated carbocycles. The zero-order valence-electron chi connectivity index (χ0n) is 27.9. The van der Waals surface area contributed by atoms with Crippen LogP contribution in [0.15, 0.2) is 30.4 Å². The number of methoxy groups -OCH3 is 1. The average molecular weight is 631 g/mol. The fraction of sp³-hybridized carbons (Fsp3) is 0.576. The van der Waals surface area contributed by atoms with Gasteiger partial charge in [0.05, 0.1) is 11.8 Å². The molecule has 1 fully saturated rings. The van der Waals surface area contributed by atoms with E-state index in [1.165, 1.54) is 29.1 Å². The standard InChI is InChI=1S/C33H46N2O10/c1-20-14-15-24(36)29-25(43-33(6,7)44-29)13-11-12-22-16-23(17-26(41-19-40-10)28(22)30(38)42-21(20)2)35(18-27(37)34(8)9)31(39)45-32(3,4)5/h11-12,14-17,20-21,25,29H,13,18-19H2,1-10H3/b12-11+,15-14-/t20-,21+,25+,29-/m1/s1. The Morgan fingerprint density at radius 3 is 2.38 bits per heavy atom. The highest BCUT2D eigenvalue weighted by Crippen LogP contribution is 2.35. The maximum atomic E-state index is 13.7. The van der Waals surface area contributed by atoms with Gasteiger partial charge in [-0.2, -0.15) is 0 Å². The second kappa shape index (κ2) is 14.6. The molecule has 2 aliphatic heterocycles. The predicted molar refractivity (Wildman–Crippen MR) is 167 cm³/mol. The smallest absolute Gasteiger partial charge is 0.415 e. The van der Waals surface area contributed by atoms with E-state index in [-0.39, 0.29) is 54.4 Å². The number of ketones is 1. The first kappa shape index (κ1) is 35.7. The van der Waals surface area contributed by atoms with Crippen LogP contribution in [0.3, 0.4) is 0 Å². The summed E-state index contributed by atoms with van der Waals surface area (Å²) in [5.74, 6) is -2.52. The van der Waals surface area contributed by atoms with Gasteiger partial charge in [0.1, 0.15) is 35.7 Å². The summed E-state index contributed by atoms with van der Waals surface area (Å²) in [6.45, 7) is 11.6. The van der Waals surface area contributed by atoms with Gasteiger partial charge >= 0.3 is 12.1 Å². The summed E-state index contributed by atoms with van der Waals surface area (Å²) in [6, 6.07) is 3.06. The minimum absolute atomic E-state index is 0.0713. The number of hydrogen-bond donors (Lipinski definition) is 0. The number of anilines is 1. The average Bonchev–Trinajstić information content (AvgIpc) is 3.25. The Labute approximate surface area is 265 Å². The monoisotopic (exact) mass is 630 g/mol. The van der Waals surface area contributed by atoms with Gasteiger partial charge in [-0.05, 0) is 65.7 Å². The van der Waals surface area contributed by atoms with Crippen LogP contribution in [0.4, 0.5) is 10.5 Å². The molecule has 3 rings (SSSR count). The number of benzene rings is 1. The molecule has 0 spiro atoms. The lowest BCUT2D eigenvalue weighted by Crippen LogP contribution is -2.43. The molecular formula is C33H46N2O10. The van der Waals surface area contributed by atoms with E-state index in [0.717, 1.165) is 0 Å². The number of esters is 1. The summed E-state index contributed by atoms with van der Waals surface area (Å²) < 4.78 is 34.5. The van der Waals surface area contributed by atoms with Gasteiger partial charge in [0, 0.05) is 33.2 Å². The van der Waals surface area contributed by atoms with Crippen LogP contribution in [0.25, 0.3) is 6.08 Å². The molecule has 12 nitrogen and oxygen atoms in total. The highest BCUT2D eigenvalue weighted by Gasteiger charge is 2.43. The lowest BCUT2D eigenvalue weighted by atomic mass is 9.99. The Morgan fingerprint density at radius 2 is 1.76 bits per heavy atom. The van der Waals surface area contributed by atoms with E-state index >= 15 is 0 Å². The number of fused-ring (bicyclic) bond motifs is 2. The lowest BCUT2D eigenvalue weighted by molar-refractivity contribution is -0.152. The van der Waals surface area contributed by atoms with Gasteiger partial charge in [0.15, 0.2) is 18.4 Å². The molecule has 2 heterocycles. The second-order valence-electron chi connectivity index (χ2n) is 12.8. The van der Waals surface area contributed by atoms with Crippen molar-refractivity contribution in [3.63, 3.8) is 0 Å². The first-order chi connectivity index (χ1) is 20.9. The van der Waals surface area contributed by atoms with Crippen molar-refractivity contribution in [2.45, 2.75) is 84.6 Å².